The summed E-state index contributed by atoms with van der Waals surface area (Å²) in [6.45, 7) is 6.45. The molecule has 1 fully saturated rings. The fourth-order valence-corrected chi connectivity index (χ4v) is 3.61. The normalized spacial score (nSPS) is 14.9. The highest BCUT2D eigenvalue weighted by atomic mass is 15.2. The van der Waals surface area contributed by atoms with Gasteiger partial charge in [-0.05, 0) is 49.7 Å². The Morgan fingerprint density at radius 1 is 1.00 bits per heavy atom. The summed E-state index contributed by atoms with van der Waals surface area (Å²) in [7, 11) is 0. The Bertz CT molecular complexity index is 1130. The third-order valence-electron chi connectivity index (χ3n) is 5.15. The molecule has 0 aliphatic carbocycles. The molecule has 27 heavy (non-hydrogen) atoms. The van der Waals surface area contributed by atoms with Crippen LogP contribution >= 0.6 is 0 Å². The van der Waals surface area contributed by atoms with Crippen molar-refractivity contribution in [1.29, 1.82) is 0 Å². The molecule has 1 aliphatic rings. The van der Waals surface area contributed by atoms with Crippen LogP contribution in [0.4, 0.5) is 0 Å². The number of rotatable bonds is 4. The van der Waals surface area contributed by atoms with Gasteiger partial charge in [0, 0.05) is 11.6 Å². The van der Waals surface area contributed by atoms with Crippen LogP contribution in [0.3, 0.4) is 0 Å². The first kappa shape index (κ1) is 16.3. The van der Waals surface area contributed by atoms with Gasteiger partial charge in [-0.15, -0.1) is 0 Å². The lowest BCUT2D eigenvalue weighted by molar-refractivity contribution is 0.344. The van der Waals surface area contributed by atoms with Gasteiger partial charge in [0.2, 0.25) is 5.95 Å². The molecular formula is C21H22N6. The van der Waals surface area contributed by atoms with Crippen molar-refractivity contribution in [1.82, 2.24) is 29.8 Å². The fourth-order valence-electron chi connectivity index (χ4n) is 3.61. The van der Waals surface area contributed by atoms with E-state index in [1.54, 1.807) is 0 Å². The average molecular weight is 358 g/mol. The smallest absolute Gasteiger partial charge is 0.236 e. The highest BCUT2D eigenvalue weighted by Gasteiger charge is 2.19. The maximum atomic E-state index is 4.80. The Morgan fingerprint density at radius 2 is 1.85 bits per heavy atom. The van der Waals surface area contributed by atoms with E-state index in [1.807, 2.05) is 24.4 Å². The summed E-state index contributed by atoms with van der Waals surface area (Å²) < 4.78 is 2.06. The van der Waals surface area contributed by atoms with E-state index in [9.17, 15) is 0 Å². The first-order valence-corrected chi connectivity index (χ1v) is 9.50. The largest absolute Gasteiger partial charge is 0.316 e. The number of nitrogens with one attached hydrogen (secondary N) is 1. The highest BCUT2D eigenvalue weighted by molar-refractivity contribution is 5.79. The predicted octanol–water partition coefficient (Wildman–Crippen LogP) is 3.25. The fraction of sp³-hybridized carbons (Fsp3) is 0.333. The van der Waals surface area contributed by atoms with E-state index in [2.05, 4.69) is 46.9 Å². The van der Waals surface area contributed by atoms with Crippen LogP contribution in [-0.4, -0.2) is 37.6 Å². The Labute approximate surface area is 157 Å². The number of aromatic nitrogens is 5. The summed E-state index contributed by atoms with van der Waals surface area (Å²) in [5.41, 5.74) is 4.82. The van der Waals surface area contributed by atoms with E-state index in [-0.39, 0.29) is 5.92 Å². The molecule has 4 aromatic rings. The molecule has 1 saturated heterocycles. The molecule has 0 saturated carbocycles. The van der Waals surface area contributed by atoms with E-state index in [4.69, 9.17) is 15.0 Å². The SMILES string of the molecule is CC(C)c1nc2ccccc2n1-c1ncc2nc(CC3CNC3)ccc2n1. The molecule has 3 aromatic heterocycles. The Balaban J connectivity index is 1.60. The van der Waals surface area contributed by atoms with Gasteiger partial charge in [-0.25, -0.2) is 19.9 Å². The minimum atomic E-state index is 0.272. The minimum Gasteiger partial charge on any atom is -0.316 e. The Hall–Kier alpha value is -2.86. The van der Waals surface area contributed by atoms with Gasteiger partial charge in [0.1, 0.15) is 11.3 Å². The van der Waals surface area contributed by atoms with Crippen LogP contribution in [0.2, 0.25) is 0 Å². The molecule has 0 amide bonds. The summed E-state index contributed by atoms with van der Waals surface area (Å²) in [5, 5.41) is 3.31. The maximum Gasteiger partial charge on any atom is 0.236 e. The number of benzene rings is 1. The summed E-state index contributed by atoms with van der Waals surface area (Å²) in [4.78, 5) is 19.0. The van der Waals surface area contributed by atoms with Crippen molar-refractivity contribution in [2.75, 3.05) is 13.1 Å². The molecule has 136 valence electrons. The Morgan fingerprint density at radius 3 is 2.63 bits per heavy atom. The maximum absolute atomic E-state index is 4.80. The standard InChI is InChI=1S/C21H22N6/c1-13(2)20-25-17-5-3-4-6-19(17)27(20)21-23-12-18-16(26-21)8-7-15(24-18)9-14-10-22-11-14/h3-8,12-14,22H,9-11H2,1-2H3. The van der Waals surface area contributed by atoms with E-state index in [0.29, 0.717) is 11.9 Å². The molecule has 1 aromatic carbocycles. The lowest BCUT2D eigenvalue weighted by Gasteiger charge is -2.26. The number of para-hydroxylation sites is 2. The van der Waals surface area contributed by atoms with Crippen molar-refractivity contribution < 1.29 is 0 Å². The Kier molecular flexibility index (Phi) is 3.86. The molecule has 6 heteroatoms. The van der Waals surface area contributed by atoms with Crippen LogP contribution in [-0.2, 0) is 6.42 Å². The molecule has 5 rings (SSSR count). The van der Waals surface area contributed by atoms with Crippen LogP contribution in [0.25, 0.3) is 28.0 Å². The molecule has 1 aliphatic heterocycles. The number of hydrogen-bond donors (Lipinski definition) is 1. The van der Waals surface area contributed by atoms with Gasteiger partial charge in [0.15, 0.2) is 0 Å². The van der Waals surface area contributed by atoms with Gasteiger partial charge in [-0.1, -0.05) is 26.0 Å². The van der Waals surface area contributed by atoms with E-state index in [0.717, 1.165) is 53.1 Å². The molecule has 0 unspecified atom stereocenters. The summed E-state index contributed by atoms with van der Waals surface area (Å²) in [5.74, 6) is 2.59. The quantitative estimate of drug-likeness (QED) is 0.606. The van der Waals surface area contributed by atoms with Crippen LogP contribution in [0, 0.1) is 5.92 Å². The third kappa shape index (κ3) is 2.86. The van der Waals surface area contributed by atoms with Crippen molar-refractivity contribution in [2.24, 2.45) is 5.92 Å². The lowest BCUT2D eigenvalue weighted by atomic mass is 9.97. The van der Waals surface area contributed by atoms with Crippen molar-refractivity contribution in [2.45, 2.75) is 26.2 Å². The van der Waals surface area contributed by atoms with E-state index < -0.39 is 0 Å². The highest BCUT2D eigenvalue weighted by Crippen LogP contribution is 2.25. The second-order valence-electron chi connectivity index (χ2n) is 7.55. The number of hydrogen-bond acceptors (Lipinski definition) is 5. The first-order valence-electron chi connectivity index (χ1n) is 9.50. The van der Waals surface area contributed by atoms with Gasteiger partial charge in [0.05, 0.1) is 22.7 Å². The molecule has 0 radical (unpaired) electrons. The van der Waals surface area contributed by atoms with Crippen molar-refractivity contribution in [3.63, 3.8) is 0 Å². The minimum absolute atomic E-state index is 0.272. The summed E-state index contributed by atoms with van der Waals surface area (Å²) in [6, 6.07) is 12.3. The number of fused-ring (bicyclic) bond motifs is 2. The van der Waals surface area contributed by atoms with Crippen LogP contribution < -0.4 is 5.32 Å². The van der Waals surface area contributed by atoms with Gasteiger partial charge >= 0.3 is 0 Å². The van der Waals surface area contributed by atoms with Crippen LogP contribution in [0.1, 0.15) is 31.3 Å². The topological polar surface area (TPSA) is 68.5 Å². The average Bonchev–Trinajstić information content (AvgIpc) is 3.04. The number of pyridine rings is 1. The number of nitrogens with zero attached hydrogens (tertiary/aromatic N) is 5. The molecule has 0 bridgehead atoms. The number of imidazole rings is 1. The second kappa shape index (κ2) is 6.39. The molecule has 1 N–H and O–H groups in total. The van der Waals surface area contributed by atoms with Gasteiger partial charge < -0.3 is 5.32 Å². The van der Waals surface area contributed by atoms with Crippen molar-refractivity contribution in [3.8, 4) is 5.95 Å². The first-order chi connectivity index (χ1) is 13.2. The monoisotopic (exact) mass is 358 g/mol. The van der Waals surface area contributed by atoms with E-state index >= 15 is 0 Å². The zero-order valence-electron chi connectivity index (χ0n) is 15.6. The van der Waals surface area contributed by atoms with Crippen molar-refractivity contribution in [3.05, 3.63) is 54.1 Å². The zero-order chi connectivity index (χ0) is 18.4. The summed E-state index contributed by atoms with van der Waals surface area (Å²) in [6.07, 6.45) is 2.84. The van der Waals surface area contributed by atoms with Gasteiger partial charge in [-0.2, -0.15) is 0 Å². The van der Waals surface area contributed by atoms with Gasteiger partial charge in [-0.3, -0.25) is 4.57 Å². The molecule has 4 heterocycles. The molecule has 0 atom stereocenters. The van der Waals surface area contributed by atoms with E-state index in [1.165, 1.54) is 0 Å². The second-order valence-corrected chi connectivity index (χ2v) is 7.55. The summed E-state index contributed by atoms with van der Waals surface area (Å²) >= 11 is 0. The zero-order valence-corrected chi connectivity index (χ0v) is 15.6. The predicted molar refractivity (Wildman–Crippen MR) is 106 cm³/mol. The van der Waals surface area contributed by atoms with Gasteiger partial charge in [0.25, 0.3) is 0 Å². The lowest BCUT2D eigenvalue weighted by Crippen LogP contribution is -2.43. The third-order valence-corrected chi connectivity index (χ3v) is 5.15. The molecule has 0 spiro atoms. The van der Waals surface area contributed by atoms with Crippen molar-refractivity contribution >= 4 is 22.1 Å². The van der Waals surface area contributed by atoms with Crippen LogP contribution in [0.5, 0.6) is 0 Å². The van der Waals surface area contributed by atoms with Crippen LogP contribution in [0.15, 0.2) is 42.6 Å². The molecular weight excluding hydrogens is 336 g/mol. The molecule has 6 nitrogen and oxygen atoms in total.